The van der Waals surface area contributed by atoms with Crippen LogP contribution in [0, 0.1) is 0 Å². The van der Waals surface area contributed by atoms with Gasteiger partial charge in [0.1, 0.15) is 5.52 Å². The van der Waals surface area contributed by atoms with E-state index in [4.69, 9.17) is 34.8 Å². The molecule has 4 rings (SSSR count). The van der Waals surface area contributed by atoms with Gasteiger partial charge in [0.05, 0.1) is 10.5 Å². The number of nitrogens with one attached hydrogen (secondary N) is 1. The molecule has 2 heterocycles. The van der Waals surface area contributed by atoms with Crippen LogP contribution in [-0.2, 0) is 6.54 Å². The van der Waals surface area contributed by atoms with E-state index in [1.807, 2.05) is 0 Å². The van der Waals surface area contributed by atoms with Crippen LogP contribution in [0.3, 0.4) is 0 Å². The quantitative estimate of drug-likeness (QED) is 0.498. The SMILES string of the molecule is OC(c1cc(-c2ccc(Cl)cc2Cl)c(Cl)c2nc3n(c12)CCCN3)C(F)(F)F. The van der Waals surface area contributed by atoms with Crippen LogP contribution in [0.1, 0.15) is 18.1 Å². The number of imidazole rings is 1. The van der Waals surface area contributed by atoms with Crippen LogP contribution < -0.4 is 5.32 Å². The smallest absolute Gasteiger partial charge is 0.379 e. The second-order valence-corrected chi connectivity index (χ2v) is 7.68. The van der Waals surface area contributed by atoms with Crippen LogP contribution in [0.15, 0.2) is 24.3 Å². The van der Waals surface area contributed by atoms with Gasteiger partial charge in [-0.15, -0.1) is 0 Å². The molecule has 3 aromatic rings. The molecule has 0 bridgehead atoms. The first-order valence-corrected chi connectivity index (χ1v) is 9.48. The van der Waals surface area contributed by atoms with Crippen LogP contribution >= 0.6 is 34.8 Å². The van der Waals surface area contributed by atoms with Crippen molar-refractivity contribution in [3.63, 3.8) is 0 Å². The number of anilines is 1. The van der Waals surface area contributed by atoms with Crippen molar-refractivity contribution in [2.24, 2.45) is 0 Å². The summed E-state index contributed by atoms with van der Waals surface area (Å²) in [6.45, 7) is 1.11. The molecule has 148 valence electrons. The number of hydrogen-bond acceptors (Lipinski definition) is 3. The fourth-order valence-electron chi connectivity index (χ4n) is 3.39. The van der Waals surface area contributed by atoms with Gasteiger partial charge in [0.2, 0.25) is 5.95 Å². The second kappa shape index (κ2) is 6.99. The van der Waals surface area contributed by atoms with E-state index >= 15 is 0 Å². The van der Waals surface area contributed by atoms with Crippen molar-refractivity contribution in [3.8, 4) is 11.1 Å². The number of nitrogens with zero attached hydrogens (tertiary/aromatic N) is 2. The molecule has 1 aromatic heterocycles. The van der Waals surface area contributed by atoms with E-state index in [0.717, 1.165) is 0 Å². The van der Waals surface area contributed by atoms with Crippen molar-refractivity contribution in [2.45, 2.75) is 25.2 Å². The topological polar surface area (TPSA) is 50.1 Å². The number of aryl methyl sites for hydroxylation is 1. The average molecular weight is 451 g/mol. The highest BCUT2D eigenvalue weighted by atomic mass is 35.5. The van der Waals surface area contributed by atoms with E-state index in [0.29, 0.717) is 36.0 Å². The first-order chi connectivity index (χ1) is 13.2. The number of hydrogen-bond donors (Lipinski definition) is 2. The Morgan fingerprint density at radius 2 is 1.89 bits per heavy atom. The number of benzene rings is 2. The van der Waals surface area contributed by atoms with Crippen LogP contribution in [0.2, 0.25) is 15.1 Å². The summed E-state index contributed by atoms with van der Waals surface area (Å²) in [6, 6.07) is 5.82. The summed E-state index contributed by atoms with van der Waals surface area (Å²) in [6.07, 6.45) is -6.84. The van der Waals surface area contributed by atoms with Crippen LogP contribution in [0.5, 0.6) is 0 Å². The van der Waals surface area contributed by atoms with Crippen LogP contribution in [-0.4, -0.2) is 27.4 Å². The third-order valence-corrected chi connectivity index (χ3v) is 5.58. The Bertz CT molecular complexity index is 1080. The molecule has 1 aliphatic rings. The lowest BCUT2D eigenvalue weighted by Gasteiger charge is -2.21. The molecule has 0 fully saturated rings. The minimum atomic E-state index is -4.85. The van der Waals surface area contributed by atoms with E-state index in [1.54, 1.807) is 16.7 Å². The maximum absolute atomic E-state index is 13.4. The molecule has 0 radical (unpaired) electrons. The summed E-state index contributed by atoms with van der Waals surface area (Å²) < 4.78 is 41.8. The Morgan fingerprint density at radius 3 is 2.57 bits per heavy atom. The molecular weight excluding hydrogens is 438 g/mol. The molecule has 0 aliphatic carbocycles. The summed E-state index contributed by atoms with van der Waals surface area (Å²) in [7, 11) is 0. The lowest BCUT2D eigenvalue weighted by atomic mass is 9.98. The monoisotopic (exact) mass is 449 g/mol. The second-order valence-electron chi connectivity index (χ2n) is 6.46. The van der Waals surface area contributed by atoms with Gasteiger partial charge in [0, 0.05) is 39.8 Å². The zero-order valence-corrected chi connectivity index (χ0v) is 16.4. The number of alkyl halides is 3. The minimum absolute atomic E-state index is 0.154. The van der Waals surface area contributed by atoms with Crippen molar-refractivity contribution >= 4 is 51.8 Å². The number of aliphatic hydroxyl groups is 1. The highest BCUT2D eigenvalue weighted by molar-refractivity contribution is 6.40. The highest BCUT2D eigenvalue weighted by Crippen LogP contribution is 2.45. The van der Waals surface area contributed by atoms with Gasteiger partial charge in [-0.2, -0.15) is 13.2 Å². The van der Waals surface area contributed by atoms with E-state index in [2.05, 4.69) is 10.3 Å². The molecule has 0 spiro atoms. The third-order valence-electron chi connectivity index (χ3n) is 4.65. The first-order valence-electron chi connectivity index (χ1n) is 8.35. The van der Waals surface area contributed by atoms with Gasteiger partial charge < -0.3 is 15.0 Å². The molecule has 0 amide bonds. The van der Waals surface area contributed by atoms with E-state index in [9.17, 15) is 18.3 Å². The summed E-state index contributed by atoms with van der Waals surface area (Å²) in [5.74, 6) is 0.415. The van der Waals surface area contributed by atoms with Gasteiger partial charge in [-0.3, -0.25) is 0 Å². The van der Waals surface area contributed by atoms with Crippen LogP contribution in [0.4, 0.5) is 19.1 Å². The molecule has 10 heteroatoms. The van der Waals surface area contributed by atoms with Gasteiger partial charge >= 0.3 is 6.18 Å². The summed E-state index contributed by atoms with van der Waals surface area (Å²) >= 11 is 18.7. The molecular formula is C18H13Cl3F3N3O. The Morgan fingerprint density at radius 1 is 1.14 bits per heavy atom. The zero-order chi connectivity index (χ0) is 20.2. The standard InChI is InChI=1S/C18H13Cl3F3N3O/c19-8-2-3-9(12(20)6-8)10-7-11(16(28)18(22,23)24)15-14(13(10)21)26-17-25-4-1-5-27(15)17/h2-3,6-7,16,28H,1,4-5H2,(H,25,26). The van der Waals surface area contributed by atoms with Crippen molar-refractivity contribution in [3.05, 3.63) is 44.9 Å². The number of aliphatic hydroxyl groups excluding tert-OH is 1. The molecule has 2 aromatic carbocycles. The third kappa shape index (κ3) is 3.20. The van der Waals surface area contributed by atoms with Gasteiger partial charge in [-0.1, -0.05) is 40.9 Å². The molecule has 2 N–H and O–H groups in total. The fourth-order valence-corrected chi connectivity index (χ4v) is 4.19. The van der Waals surface area contributed by atoms with Gasteiger partial charge in [-0.05, 0) is 24.6 Å². The zero-order valence-electron chi connectivity index (χ0n) is 14.1. The Hall–Kier alpha value is -1.67. The Labute approximate surface area is 172 Å². The molecule has 1 unspecified atom stereocenters. The Kier molecular flexibility index (Phi) is 4.90. The highest BCUT2D eigenvalue weighted by Gasteiger charge is 2.42. The predicted octanol–water partition coefficient (Wildman–Crippen LogP) is 6.07. The Balaban J connectivity index is 2.06. The van der Waals surface area contributed by atoms with Crippen LogP contribution in [0.25, 0.3) is 22.2 Å². The molecule has 4 nitrogen and oxygen atoms in total. The summed E-state index contributed by atoms with van der Waals surface area (Å²) in [4.78, 5) is 4.38. The number of rotatable bonds is 2. The number of fused-ring (bicyclic) bond motifs is 3. The largest absolute Gasteiger partial charge is 0.418 e. The summed E-state index contributed by atoms with van der Waals surface area (Å²) in [5.41, 5.74) is 0.645. The fraction of sp³-hybridized carbons (Fsp3) is 0.278. The summed E-state index contributed by atoms with van der Waals surface area (Å²) in [5, 5.41) is 13.9. The first kappa shape index (κ1) is 19.6. The lowest BCUT2D eigenvalue weighted by molar-refractivity contribution is -0.206. The molecule has 1 aliphatic heterocycles. The van der Waals surface area contributed by atoms with Crippen molar-refractivity contribution in [1.29, 1.82) is 0 Å². The molecule has 0 saturated carbocycles. The maximum Gasteiger partial charge on any atom is 0.418 e. The van der Waals surface area contributed by atoms with Gasteiger partial charge in [0.25, 0.3) is 0 Å². The predicted molar refractivity (Wildman–Crippen MR) is 104 cm³/mol. The maximum atomic E-state index is 13.4. The van der Waals surface area contributed by atoms with Crippen molar-refractivity contribution in [2.75, 3.05) is 11.9 Å². The normalized spacial score (nSPS) is 15.4. The van der Waals surface area contributed by atoms with Crippen molar-refractivity contribution < 1.29 is 18.3 Å². The van der Waals surface area contributed by atoms with E-state index in [1.165, 1.54) is 12.1 Å². The number of halogens is 6. The number of aromatic nitrogens is 2. The van der Waals surface area contributed by atoms with Gasteiger partial charge in [-0.25, -0.2) is 4.98 Å². The molecule has 0 saturated heterocycles. The van der Waals surface area contributed by atoms with E-state index < -0.39 is 12.3 Å². The minimum Gasteiger partial charge on any atom is -0.379 e. The lowest BCUT2D eigenvalue weighted by Crippen LogP contribution is -2.22. The van der Waals surface area contributed by atoms with E-state index in [-0.39, 0.29) is 32.2 Å². The molecule has 28 heavy (non-hydrogen) atoms. The molecule has 1 atom stereocenters. The van der Waals surface area contributed by atoms with Crippen molar-refractivity contribution in [1.82, 2.24) is 9.55 Å². The average Bonchev–Trinajstić information content (AvgIpc) is 3.02. The van der Waals surface area contributed by atoms with Gasteiger partial charge in [0.15, 0.2) is 6.10 Å².